The minimum atomic E-state index is -0.530. The third-order valence-corrected chi connectivity index (χ3v) is 5.23. The minimum absolute atomic E-state index is 0.0748. The van der Waals surface area contributed by atoms with Crippen LogP contribution in [-0.4, -0.2) is 50.9 Å². The summed E-state index contributed by atoms with van der Waals surface area (Å²) in [6.07, 6.45) is 5.36. The van der Waals surface area contributed by atoms with E-state index in [9.17, 15) is 14.0 Å². The number of hydrogen-bond donors (Lipinski definition) is 0. The molecular formula is C19H21FN4O3. The molecule has 0 atom stereocenters. The van der Waals surface area contributed by atoms with Gasteiger partial charge in [0, 0.05) is 24.7 Å². The maximum absolute atomic E-state index is 13.3. The second-order valence-corrected chi connectivity index (χ2v) is 7.04. The first-order valence-electron chi connectivity index (χ1n) is 9.30. The molecule has 8 heteroatoms. The van der Waals surface area contributed by atoms with Gasteiger partial charge in [-0.15, -0.1) is 0 Å². The van der Waals surface area contributed by atoms with Crippen molar-refractivity contribution in [3.63, 3.8) is 0 Å². The number of amides is 2. The molecule has 0 radical (unpaired) electrons. The number of piperazine rings is 1. The smallest absolute Gasteiger partial charge is 0.312 e. The number of carbonyl (C=O) groups excluding carboxylic acids is 2. The number of rotatable bonds is 4. The largest absolute Gasteiger partial charge is 0.337 e. The predicted octanol–water partition coefficient (Wildman–Crippen LogP) is 2.38. The third-order valence-electron chi connectivity index (χ3n) is 5.23. The molecule has 27 heavy (non-hydrogen) atoms. The van der Waals surface area contributed by atoms with E-state index >= 15 is 0 Å². The Morgan fingerprint density at radius 1 is 1.11 bits per heavy atom. The average molecular weight is 372 g/mol. The molecule has 1 aliphatic heterocycles. The maximum atomic E-state index is 13.3. The summed E-state index contributed by atoms with van der Waals surface area (Å²) in [6, 6.07) is 6.07. The Balaban J connectivity index is 1.42. The lowest BCUT2D eigenvalue weighted by atomic mass is 9.93. The first kappa shape index (κ1) is 17.6. The molecule has 0 bridgehead atoms. The van der Waals surface area contributed by atoms with Gasteiger partial charge in [-0.1, -0.05) is 36.6 Å². The van der Waals surface area contributed by atoms with Gasteiger partial charge < -0.3 is 14.3 Å². The highest BCUT2D eigenvalue weighted by molar-refractivity contribution is 6.35. The number of aromatic nitrogens is 2. The van der Waals surface area contributed by atoms with E-state index in [0.717, 1.165) is 25.7 Å². The molecular weight excluding hydrogens is 351 g/mol. The molecule has 0 unspecified atom stereocenters. The summed E-state index contributed by atoms with van der Waals surface area (Å²) in [6.45, 7) is 1.05. The summed E-state index contributed by atoms with van der Waals surface area (Å²) in [5.41, 5.74) is 0.495. The van der Waals surface area contributed by atoms with Crippen molar-refractivity contribution in [2.24, 2.45) is 0 Å². The zero-order valence-electron chi connectivity index (χ0n) is 14.9. The summed E-state index contributed by atoms with van der Waals surface area (Å²) in [5, 5.41) is 3.84. The van der Waals surface area contributed by atoms with Gasteiger partial charge in [0.25, 0.3) is 0 Å². The molecule has 4 rings (SSSR count). The minimum Gasteiger partial charge on any atom is -0.337 e. The topological polar surface area (TPSA) is 79.5 Å². The molecule has 2 aliphatic rings. The molecule has 1 aliphatic carbocycles. The first-order valence-corrected chi connectivity index (χ1v) is 9.30. The van der Waals surface area contributed by atoms with Crippen LogP contribution in [0.2, 0.25) is 0 Å². The van der Waals surface area contributed by atoms with Gasteiger partial charge >= 0.3 is 11.8 Å². The highest BCUT2D eigenvalue weighted by Crippen LogP contribution is 2.25. The standard InChI is InChI=1S/C19H21FN4O3/c20-14-6-4-5-13(11-14)17-21-16(27-22-17)12-23-9-10-24(19(26)18(23)25)15-7-2-1-3-8-15/h4-6,11,15H,1-3,7-10,12H2. The lowest BCUT2D eigenvalue weighted by Crippen LogP contribution is -2.57. The van der Waals surface area contributed by atoms with Gasteiger partial charge in [-0.3, -0.25) is 9.59 Å². The molecule has 0 spiro atoms. The van der Waals surface area contributed by atoms with Crippen LogP contribution in [0.5, 0.6) is 0 Å². The Morgan fingerprint density at radius 3 is 2.70 bits per heavy atom. The van der Waals surface area contributed by atoms with Gasteiger partial charge in [0.05, 0.1) is 0 Å². The van der Waals surface area contributed by atoms with E-state index in [1.165, 1.54) is 23.5 Å². The summed E-state index contributed by atoms with van der Waals surface area (Å²) in [4.78, 5) is 32.4. The van der Waals surface area contributed by atoms with Gasteiger partial charge in [0.1, 0.15) is 12.4 Å². The molecule has 2 heterocycles. The van der Waals surface area contributed by atoms with Crippen molar-refractivity contribution in [3.05, 3.63) is 36.0 Å². The second-order valence-electron chi connectivity index (χ2n) is 7.04. The summed E-state index contributed by atoms with van der Waals surface area (Å²) < 4.78 is 18.5. The average Bonchev–Trinajstić information content (AvgIpc) is 3.15. The summed E-state index contributed by atoms with van der Waals surface area (Å²) in [7, 11) is 0. The number of hydrogen-bond acceptors (Lipinski definition) is 5. The number of nitrogens with zero attached hydrogens (tertiary/aromatic N) is 4. The van der Waals surface area contributed by atoms with Crippen LogP contribution < -0.4 is 0 Å². The highest BCUT2D eigenvalue weighted by Gasteiger charge is 2.37. The molecule has 1 aromatic heterocycles. The van der Waals surface area contributed by atoms with Crippen LogP contribution in [0.3, 0.4) is 0 Å². The summed E-state index contributed by atoms with van der Waals surface area (Å²) in [5.74, 6) is -0.889. The molecule has 1 saturated heterocycles. The summed E-state index contributed by atoms with van der Waals surface area (Å²) >= 11 is 0. The molecule has 2 fully saturated rings. The Labute approximate surface area is 156 Å². The van der Waals surface area contributed by atoms with E-state index in [2.05, 4.69) is 10.1 Å². The molecule has 1 saturated carbocycles. The molecule has 0 N–H and O–H groups in total. The van der Waals surface area contributed by atoms with Crippen LogP contribution in [0, 0.1) is 5.82 Å². The quantitative estimate of drug-likeness (QED) is 0.770. The maximum Gasteiger partial charge on any atom is 0.312 e. The normalized spacial score (nSPS) is 19.0. The van der Waals surface area contributed by atoms with Gasteiger partial charge in [-0.05, 0) is 25.0 Å². The predicted molar refractivity (Wildman–Crippen MR) is 93.7 cm³/mol. The molecule has 142 valence electrons. The SMILES string of the molecule is O=C1C(=O)N(C2CCCCC2)CCN1Cc1nc(-c2cccc(F)c2)no1. The highest BCUT2D eigenvalue weighted by atomic mass is 19.1. The van der Waals surface area contributed by atoms with Crippen LogP contribution in [0.15, 0.2) is 28.8 Å². The fraction of sp³-hybridized carbons (Fsp3) is 0.474. The fourth-order valence-electron chi connectivity index (χ4n) is 3.81. The van der Waals surface area contributed by atoms with Crippen molar-refractivity contribution in [1.82, 2.24) is 19.9 Å². The zero-order valence-corrected chi connectivity index (χ0v) is 14.9. The molecule has 1 aromatic carbocycles. The number of halogens is 1. The monoisotopic (exact) mass is 372 g/mol. The van der Waals surface area contributed by atoms with Crippen molar-refractivity contribution in [2.45, 2.75) is 44.7 Å². The second kappa shape index (κ2) is 7.46. The van der Waals surface area contributed by atoms with Gasteiger partial charge in [0.15, 0.2) is 0 Å². The molecule has 2 aromatic rings. The van der Waals surface area contributed by atoms with Gasteiger partial charge in [-0.2, -0.15) is 4.98 Å². The van der Waals surface area contributed by atoms with E-state index < -0.39 is 17.6 Å². The van der Waals surface area contributed by atoms with Crippen LogP contribution in [0.25, 0.3) is 11.4 Å². The van der Waals surface area contributed by atoms with Gasteiger partial charge in [0.2, 0.25) is 11.7 Å². The lowest BCUT2D eigenvalue weighted by molar-refractivity contribution is -0.158. The molecule has 7 nitrogen and oxygen atoms in total. The third kappa shape index (κ3) is 3.70. The van der Waals surface area contributed by atoms with Crippen molar-refractivity contribution in [3.8, 4) is 11.4 Å². The van der Waals surface area contributed by atoms with Gasteiger partial charge in [-0.25, -0.2) is 4.39 Å². The van der Waals surface area contributed by atoms with Crippen LogP contribution in [-0.2, 0) is 16.1 Å². The van der Waals surface area contributed by atoms with Crippen LogP contribution >= 0.6 is 0 Å². The molecule has 2 amide bonds. The zero-order chi connectivity index (χ0) is 18.8. The van der Waals surface area contributed by atoms with E-state index in [0.29, 0.717) is 18.7 Å². The van der Waals surface area contributed by atoms with E-state index in [4.69, 9.17) is 4.52 Å². The fourth-order valence-corrected chi connectivity index (χ4v) is 3.81. The van der Waals surface area contributed by atoms with Crippen molar-refractivity contribution in [2.75, 3.05) is 13.1 Å². The Morgan fingerprint density at radius 2 is 1.93 bits per heavy atom. The van der Waals surface area contributed by atoms with Crippen molar-refractivity contribution in [1.29, 1.82) is 0 Å². The van der Waals surface area contributed by atoms with Crippen molar-refractivity contribution < 1.29 is 18.5 Å². The van der Waals surface area contributed by atoms with Crippen molar-refractivity contribution >= 4 is 11.8 Å². The van der Waals surface area contributed by atoms with E-state index in [1.54, 1.807) is 17.0 Å². The van der Waals surface area contributed by atoms with Crippen LogP contribution in [0.1, 0.15) is 38.0 Å². The lowest BCUT2D eigenvalue weighted by Gasteiger charge is -2.39. The Kier molecular flexibility index (Phi) is 4.87. The van der Waals surface area contributed by atoms with E-state index in [1.807, 2.05) is 0 Å². The van der Waals surface area contributed by atoms with Crippen LogP contribution in [0.4, 0.5) is 4.39 Å². The Bertz CT molecular complexity index is 847. The number of carbonyl (C=O) groups is 2. The first-order chi connectivity index (χ1) is 13.1. The van der Waals surface area contributed by atoms with E-state index in [-0.39, 0.29) is 24.3 Å². The number of benzene rings is 1. The Hall–Kier alpha value is -2.77.